The largest absolute Gasteiger partial charge is 0.325 e. The molecule has 0 fully saturated rings. The van der Waals surface area contributed by atoms with Crippen molar-refractivity contribution in [2.45, 2.75) is 5.25 Å². The van der Waals surface area contributed by atoms with Gasteiger partial charge in [-0.05, 0) is 35.4 Å². The molecule has 1 heterocycles. The Kier molecular flexibility index (Phi) is 3.89. The quantitative estimate of drug-likeness (QED) is 0.851. The fourth-order valence-electron chi connectivity index (χ4n) is 2.56. The number of hydrogen-bond donors (Lipinski definition) is 1. The molecule has 0 saturated carbocycles. The van der Waals surface area contributed by atoms with Crippen LogP contribution in [0.15, 0.2) is 42.5 Å². The number of carbonyl (C=O) groups excluding carboxylic acids is 1. The number of nitrogens with one attached hydrogen (secondary N) is 1. The van der Waals surface area contributed by atoms with Crippen LogP contribution in [0.2, 0.25) is 10.0 Å². The Hall–Kier alpha value is -1.56. The van der Waals surface area contributed by atoms with Gasteiger partial charge in [0, 0.05) is 15.7 Å². The Morgan fingerprint density at radius 1 is 1.05 bits per heavy atom. The molecule has 0 radical (unpaired) electrons. The van der Waals surface area contributed by atoms with Crippen LogP contribution in [-0.4, -0.2) is 20.1 Å². The first-order chi connectivity index (χ1) is 10.4. The molecule has 1 unspecified atom stereocenters. The molecule has 114 valence electrons. The van der Waals surface area contributed by atoms with E-state index in [1.807, 2.05) is 0 Å². The number of hydrogen-bond acceptors (Lipinski definition) is 3. The van der Waals surface area contributed by atoms with Crippen molar-refractivity contribution in [3.05, 3.63) is 63.6 Å². The monoisotopic (exact) mass is 355 g/mol. The number of anilines is 1. The second-order valence-corrected chi connectivity index (χ2v) is 7.92. The van der Waals surface area contributed by atoms with E-state index in [0.717, 1.165) is 0 Å². The van der Waals surface area contributed by atoms with Crippen LogP contribution in [0.1, 0.15) is 16.4 Å². The van der Waals surface area contributed by atoms with Crippen molar-refractivity contribution in [2.24, 2.45) is 0 Å². The van der Waals surface area contributed by atoms with Crippen LogP contribution < -0.4 is 5.32 Å². The van der Waals surface area contributed by atoms with Crippen molar-refractivity contribution in [3.63, 3.8) is 0 Å². The van der Waals surface area contributed by atoms with Gasteiger partial charge in [-0.3, -0.25) is 4.79 Å². The topological polar surface area (TPSA) is 63.2 Å². The van der Waals surface area contributed by atoms with Crippen molar-refractivity contribution in [2.75, 3.05) is 11.1 Å². The van der Waals surface area contributed by atoms with Gasteiger partial charge in [0.2, 0.25) is 5.91 Å². The van der Waals surface area contributed by atoms with E-state index in [1.54, 1.807) is 42.5 Å². The Morgan fingerprint density at radius 3 is 2.50 bits per heavy atom. The predicted molar refractivity (Wildman–Crippen MR) is 87.2 cm³/mol. The Labute approximate surface area is 138 Å². The average molecular weight is 356 g/mol. The highest BCUT2D eigenvalue weighted by molar-refractivity contribution is 7.92. The van der Waals surface area contributed by atoms with Gasteiger partial charge in [0.15, 0.2) is 9.84 Å². The molecule has 0 bridgehead atoms. The van der Waals surface area contributed by atoms with Crippen LogP contribution in [0.3, 0.4) is 0 Å². The molecule has 1 aliphatic heterocycles. The highest BCUT2D eigenvalue weighted by Gasteiger charge is 2.37. The van der Waals surface area contributed by atoms with Gasteiger partial charge in [-0.1, -0.05) is 41.4 Å². The van der Waals surface area contributed by atoms with Crippen LogP contribution in [-0.2, 0) is 14.6 Å². The van der Waals surface area contributed by atoms with E-state index in [4.69, 9.17) is 23.2 Å². The summed E-state index contributed by atoms with van der Waals surface area (Å²) in [5.74, 6) is -1.17. The molecule has 0 aliphatic carbocycles. The Morgan fingerprint density at radius 2 is 1.77 bits per heavy atom. The first-order valence-electron chi connectivity index (χ1n) is 6.44. The molecule has 1 aliphatic rings. The molecule has 1 atom stereocenters. The van der Waals surface area contributed by atoms with E-state index in [2.05, 4.69) is 5.32 Å². The van der Waals surface area contributed by atoms with Gasteiger partial charge in [0.05, 0.1) is 0 Å². The summed E-state index contributed by atoms with van der Waals surface area (Å²) < 4.78 is 25.4. The third-order valence-electron chi connectivity index (χ3n) is 3.45. The lowest BCUT2D eigenvalue weighted by molar-refractivity contribution is -0.113. The van der Waals surface area contributed by atoms with Gasteiger partial charge >= 0.3 is 0 Å². The molecular formula is C15H11Cl2NO3S. The number of fused-ring (bicyclic) bond motifs is 1. The second-order valence-electron chi connectivity index (χ2n) is 4.99. The summed E-state index contributed by atoms with van der Waals surface area (Å²) in [6.45, 7) is 0. The molecule has 1 N–H and O–H groups in total. The Balaban J connectivity index is 2.33. The molecule has 3 rings (SSSR count). The smallest absolute Gasteiger partial charge is 0.239 e. The number of rotatable bonds is 1. The third-order valence-corrected chi connectivity index (χ3v) is 5.92. The Bertz CT molecular complexity index is 865. The summed E-state index contributed by atoms with van der Waals surface area (Å²) in [6, 6.07) is 11.4. The predicted octanol–water partition coefficient (Wildman–Crippen LogP) is 3.45. The first kappa shape index (κ1) is 15.3. The van der Waals surface area contributed by atoms with Crippen LogP contribution in [0.25, 0.3) is 0 Å². The van der Waals surface area contributed by atoms with E-state index in [-0.39, 0.29) is 0 Å². The van der Waals surface area contributed by atoms with Crippen molar-refractivity contribution in [1.29, 1.82) is 0 Å². The molecule has 0 aromatic heterocycles. The van der Waals surface area contributed by atoms with Crippen molar-refractivity contribution >= 4 is 44.6 Å². The maximum Gasteiger partial charge on any atom is 0.239 e. The minimum atomic E-state index is -3.77. The van der Waals surface area contributed by atoms with Crippen LogP contribution in [0.5, 0.6) is 0 Å². The summed E-state index contributed by atoms with van der Waals surface area (Å²) in [7, 11) is -3.77. The SMILES string of the molecule is O=C1CS(=O)(=O)C(c2ccccc2Cl)c2cc(Cl)ccc2N1. The second kappa shape index (κ2) is 5.57. The lowest BCUT2D eigenvalue weighted by atomic mass is 10.0. The molecule has 7 heteroatoms. The fraction of sp³-hybridized carbons (Fsp3) is 0.133. The lowest BCUT2D eigenvalue weighted by Crippen LogP contribution is -2.23. The zero-order valence-electron chi connectivity index (χ0n) is 11.2. The first-order valence-corrected chi connectivity index (χ1v) is 8.91. The minimum absolute atomic E-state index is 0.330. The summed E-state index contributed by atoms with van der Waals surface area (Å²) in [5.41, 5.74) is 1.29. The number of amides is 1. The van der Waals surface area contributed by atoms with Crippen molar-refractivity contribution in [1.82, 2.24) is 0 Å². The maximum atomic E-state index is 12.7. The van der Waals surface area contributed by atoms with E-state index >= 15 is 0 Å². The molecule has 0 saturated heterocycles. The molecule has 2 aromatic rings. The van der Waals surface area contributed by atoms with Crippen molar-refractivity contribution in [3.8, 4) is 0 Å². The summed E-state index contributed by atoms with van der Waals surface area (Å²) in [6.07, 6.45) is 0. The van der Waals surface area contributed by atoms with Gasteiger partial charge in [-0.2, -0.15) is 0 Å². The van der Waals surface area contributed by atoms with Gasteiger partial charge in [0.1, 0.15) is 11.0 Å². The summed E-state index contributed by atoms with van der Waals surface area (Å²) in [5, 5.41) is 2.29. The standard InChI is InChI=1S/C15H11Cl2NO3S/c16-9-5-6-13-11(7-9)15(10-3-1-2-4-12(10)17)22(20,21)8-14(19)18-13/h1-7,15H,8H2,(H,18,19). The summed E-state index contributed by atoms with van der Waals surface area (Å²) in [4.78, 5) is 11.9. The van der Waals surface area contributed by atoms with Gasteiger partial charge in [-0.15, -0.1) is 0 Å². The number of sulfone groups is 1. The van der Waals surface area contributed by atoms with Gasteiger partial charge < -0.3 is 5.32 Å². The van der Waals surface area contributed by atoms with Crippen molar-refractivity contribution < 1.29 is 13.2 Å². The highest BCUT2D eigenvalue weighted by atomic mass is 35.5. The average Bonchev–Trinajstić information content (AvgIpc) is 2.52. The van der Waals surface area contributed by atoms with E-state index in [0.29, 0.717) is 26.9 Å². The molecule has 22 heavy (non-hydrogen) atoms. The molecule has 1 amide bonds. The normalized spacial score (nSPS) is 19.9. The minimum Gasteiger partial charge on any atom is -0.325 e. The van der Waals surface area contributed by atoms with Crippen LogP contribution >= 0.6 is 23.2 Å². The van der Waals surface area contributed by atoms with E-state index < -0.39 is 26.7 Å². The highest BCUT2D eigenvalue weighted by Crippen LogP contribution is 2.41. The molecular weight excluding hydrogens is 345 g/mol. The molecule has 4 nitrogen and oxygen atoms in total. The zero-order valence-corrected chi connectivity index (χ0v) is 13.5. The summed E-state index contributed by atoms with van der Waals surface area (Å²) >= 11 is 12.2. The number of carbonyl (C=O) groups is 1. The van der Waals surface area contributed by atoms with Crippen LogP contribution in [0.4, 0.5) is 5.69 Å². The number of benzene rings is 2. The zero-order chi connectivity index (χ0) is 15.9. The van der Waals surface area contributed by atoms with Gasteiger partial charge in [-0.25, -0.2) is 8.42 Å². The molecule has 2 aromatic carbocycles. The fourth-order valence-corrected chi connectivity index (χ4v) is 4.83. The van der Waals surface area contributed by atoms with E-state index in [1.165, 1.54) is 0 Å². The van der Waals surface area contributed by atoms with Gasteiger partial charge in [0.25, 0.3) is 0 Å². The molecule has 0 spiro atoms. The third kappa shape index (κ3) is 2.72. The maximum absolute atomic E-state index is 12.7. The van der Waals surface area contributed by atoms with Crippen LogP contribution in [0, 0.1) is 0 Å². The lowest BCUT2D eigenvalue weighted by Gasteiger charge is -2.19. The van der Waals surface area contributed by atoms with E-state index in [9.17, 15) is 13.2 Å². The number of halogens is 2.